The van der Waals surface area contributed by atoms with E-state index in [1.165, 1.54) is 0 Å². The fraction of sp³-hybridized carbons (Fsp3) is 0.455. The van der Waals surface area contributed by atoms with Crippen LogP contribution >= 0.6 is 11.6 Å². The molecule has 0 aliphatic rings. The Hall–Kier alpha value is -2.19. The molecule has 8 heteroatoms. The second-order valence-electron chi connectivity index (χ2n) is 6.30. The SMILES string of the molecule is CC.COCCOCCOCCn1c(C)cc(=O)n2cc(-c3ccc(Cl)cc3)nc12. The minimum atomic E-state index is -0.107. The number of methoxy groups -OCH3 is 1. The van der Waals surface area contributed by atoms with E-state index in [1.807, 2.05) is 37.5 Å². The summed E-state index contributed by atoms with van der Waals surface area (Å²) in [4.78, 5) is 17.1. The Morgan fingerprint density at radius 2 is 1.63 bits per heavy atom. The number of rotatable bonds is 10. The molecule has 0 aliphatic heterocycles. The molecule has 0 N–H and O–H groups in total. The number of hydrogen-bond donors (Lipinski definition) is 0. The van der Waals surface area contributed by atoms with Gasteiger partial charge in [-0.1, -0.05) is 37.6 Å². The third kappa shape index (κ3) is 6.40. The number of hydrogen-bond acceptors (Lipinski definition) is 5. The van der Waals surface area contributed by atoms with Gasteiger partial charge in [0.25, 0.3) is 5.56 Å². The van der Waals surface area contributed by atoms with Crippen LogP contribution in [-0.4, -0.2) is 54.1 Å². The van der Waals surface area contributed by atoms with Crippen molar-refractivity contribution in [2.75, 3.05) is 40.1 Å². The van der Waals surface area contributed by atoms with Crippen molar-refractivity contribution in [2.24, 2.45) is 0 Å². The predicted molar refractivity (Wildman–Crippen MR) is 119 cm³/mol. The van der Waals surface area contributed by atoms with Crippen molar-refractivity contribution in [3.8, 4) is 11.3 Å². The number of benzene rings is 1. The molecule has 3 rings (SSSR count). The third-order valence-corrected chi connectivity index (χ3v) is 4.58. The van der Waals surface area contributed by atoms with Crippen LogP contribution in [0.1, 0.15) is 19.5 Å². The van der Waals surface area contributed by atoms with E-state index in [0.29, 0.717) is 50.4 Å². The van der Waals surface area contributed by atoms with Gasteiger partial charge in [0.1, 0.15) is 0 Å². The molecule has 2 heterocycles. The summed E-state index contributed by atoms with van der Waals surface area (Å²) in [5, 5.41) is 0.659. The normalized spacial score (nSPS) is 10.8. The average Bonchev–Trinajstić information content (AvgIpc) is 3.20. The molecule has 0 atom stereocenters. The Labute approximate surface area is 182 Å². The highest BCUT2D eigenvalue weighted by molar-refractivity contribution is 6.30. The van der Waals surface area contributed by atoms with Gasteiger partial charge in [0.15, 0.2) is 0 Å². The first kappa shape index (κ1) is 24.1. The van der Waals surface area contributed by atoms with Crippen LogP contribution in [0.2, 0.25) is 5.02 Å². The Morgan fingerprint density at radius 1 is 1.00 bits per heavy atom. The minimum absolute atomic E-state index is 0.107. The van der Waals surface area contributed by atoms with Crippen LogP contribution in [0.15, 0.2) is 41.3 Å². The molecule has 2 aromatic heterocycles. The molecule has 30 heavy (non-hydrogen) atoms. The first-order valence-corrected chi connectivity index (χ1v) is 10.5. The van der Waals surface area contributed by atoms with Crippen molar-refractivity contribution in [3.05, 3.63) is 57.6 Å². The summed E-state index contributed by atoms with van der Waals surface area (Å²) in [6.45, 7) is 9.13. The van der Waals surface area contributed by atoms with Crippen LogP contribution in [0.25, 0.3) is 17.0 Å². The van der Waals surface area contributed by atoms with E-state index in [9.17, 15) is 4.79 Å². The fourth-order valence-corrected chi connectivity index (χ4v) is 2.99. The Morgan fingerprint density at radius 3 is 2.30 bits per heavy atom. The Kier molecular flexibility index (Phi) is 10.0. The van der Waals surface area contributed by atoms with Crippen LogP contribution in [0.3, 0.4) is 0 Å². The molecule has 0 fully saturated rings. The van der Waals surface area contributed by atoms with E-state index < -0.39 is 0 Å². The lowest BCUT2D eigenvalue weighted by Crippen LogP contribution is -2.21. The number of halogens is 1. The number of fused-ring (bicyclic) bond motifs is 1. The molecule has 0 aliphatic carbocycles. The van der Waals surface area contributed by atoms with E-state index in [0.717, 1.165) is 17.0 Å². The van der Waals surface area contributed by atoms with E-state index in [4.69, 9.17) is 25.8 Å². The molecule has 0 saturated carbocycles. The first-order chi connectivity index (χ1) is 14.6. The quantitative estimate of drug-likeness (QED) is 0.453. The molecule has 164 valence electrons. The van der Waals surface area contributed by atoms with Crippen molar-refractivity contribution < 1.29 is 14.2 Å². The highest BCUT2D eigenvalue weighted by Crippen LogP contribution is 2.21. The molecule has 0 spiro atoms. The Balaban J connectivity index is 0.00000155. The highest BCUT2D eigenvalue weighted by atomic mass is 35.5. The van der Waals surface area contributed by atoms with Gasteiger partial charge in [0, 0.05) is 42.2 Å². The lowest BCUT2D eigenvalue weighted by Gasteiger charge is -2.12. The number of ether oxygens (including phenoxy) is 3. The van der Waals surface area contributed by atoms with Gasteiger partial charge < -0.3 is 18.8 Å². The lowest BCUT2D eigenvalue weighted by atomic mass is 10.2. The van der Waals surface area contributed by atoms with Crippen LogP contribution in [-0.2, 0) is 20.8 Å². The summed E-state index contributed by atoms with van der Waals surface area (Å²) in [6, 6.07) is 8.99. The lowest BCUT2D eigenvalue weighted by molar-refractivity contribution is 0.0230. The number of aromatic nitrogens is 3. The predicted octanol–water partition coefficient (Wildman–Crippen LogP) is 3.83. The molecule has 3 aromatic rings. The first-order valence-electron chi connectivity index (χ1n) is 10.1. The summed E-state index contributed by atoms with van der Waals surface area (Å²) >= 11 is 5.96. The Bertz CT molecular complexity index is 967. The summed E-state index contributed by atoms with van der Waals surface area (Å²) in [5.74, 6) is 0.592. The van der Waals surface area contributed by atoms with Gasteiger partial charge in [-0.25, -0.2) is 4.98 Å². The summed E-state index contributed by atoms with van der Waals surface area (Å²) < 4.78 is 19.5. The van der Waals surface area contributed by atoms with Gasteiger partial charge in [-0.15, -0.1) is 0 Å². The van der Waals surface area contributed by atoms with E-state index in [-0.39, 0.29) is 5.56 Å². The van der Waals surface area contributed by atoms with Crippen molar-refractivity contribution in [1.29, 1.82) is 0 Å². The number of aryl methyl sites for hydroxylation is 1. The maximum absolute atomic E-state index is 12.4. The molecule has 0 unspecified atom stereocenters. The van der Waals surface area contributed by atoms with Gasteiger partial charge in [0.2, 0.25) is 5.78 Å². The molecular weight excluding hydrogens is 406 g/mol. The largest absolute Gasteiger partial charge is 0.382 e. The summed E-state index contributed by atoms with van der Waals surface area (Å²) in [5.41, 5.74) is 2.36. The van der Waals surface area contributed by atoms with Gasteiger partial charge >= 0.3 is 0 Å². The third-order valence-electron chi connectivity index (χ3n) is 4.33. The van der Waals surface area contributed by atoms with Crippen molar-refractivity contribution in [3.63, 3.8) is 0 Å². The van der Waals surface area contributed by atoms with E-state index >= 15 is 0 Å². The zero-order chi connectivity index (χ0) is 21.9. The van der Waals surface area contributed by atoms with Gasteiger partial charge in [-0.05, 0) is 19.1 Å². The van der Waals surface area contributed by atoms with Gasteiger partial charge in [-0.2, -0.15) is 0 Å². The van der Waals surface area contributed by atoms with Crippen molar-refractivity contribution in [2.45, 2.75) is 27.3 Å². The summed E-state index contributed by atoms with van der Waals surface area (Å²) in [7, 11) is 1.64. The number of imidazole rings is 1. The molecule has 0 bridgehead atoms. The van der Waals surface area contributed by atoms with E-state index in [2.05, 4.69) is 4.98 Å². The molecule has 0 amide bonds. The second kappa shape index (κ2) is 12.5. The smallest absolute Gasteiger partial charge is 0.259 e. The topological polar surface area (TPSA) is 67.0 Å². The standard InChI is InChI=1S/C20H24ClN3O4.C2H6/c1-15-13-19(25)24-14-18(16-3-5-17(21)6-4-16)22-20(24)23(15)7-8-27-11-12-28-10-9-26-2;1-2/h3-6,13-14H,7-12H2,1-2H3;1-2H3. The fourth-order valence-electron chi connectivity index (χ4n) is 2.86. The molecular formula is C22H30ClN3O4. The van der Waals surface area contributed by atoms with Crippen LogP contribution in [0, 0.1) is 6.92 Å². The summed E-state index contributed by atoms with van der Waals surface area (Å²) in [6.07, 6.45) is 1.75. The highest BCUT2D eigenvalue weighted by Gasteiger charge is 2.12. The van der Waals surface area contributed by atoms with E-state index in [1.54, 1.807) is 35.9 Å². The van der Waals surface area contributed by atoms with Crippen LogP contribution < -0.4 is 5.56 Å². The molecule has 1 aromatic carbocycles. The van der Waals surface area contributed by atoms with Crippen LogP contribution in [0.4, 0.5) is 0 Å². The molecule has 0 saturated heterocycles. The monoisotopic (exact) mass is 435 g/mol. The van der Waals surface area contributed by atoms with Crippen molar-refractivity contribution in [1.82, 2.24) is 14.0 Å². The van der Waals surface area contributed by atoms with Gasteiger partial charge in [-0.3, -0.25) is 9.20 Å². The number of nitrogens with zero attached hydrogens (tertiary/aromatic N) is 3. The van der Waals surface area contributed by atoms with Crippen molar-refractivity contribution >= 4 is 17.4 Å². The molecule has 7 nitrogen and oxygen atoms in total. The molecule has 0 radical (unpaired) electrons. The zero-order valence-electron chi connectivity index (χ0n) is 18.1. The van der Waals surface area contributed by atoms with Crippen LogP contribution in [0.5, 0.6) is 0 Å². The average molecular weight is 436 g/mol. The maximum Gasteiger partial charge on any atom is 0.259 e. The second-order valence-corrected chi connectivity index (χ2v) is 6.73. The minimum Gasteiger partial charge on any atom is -0.382 e. The maximum atomic E-state index is 12.4. The zero-order valence-corrected chi connectivity index (χ0v) is 18.8. The van der Waals surface area contributed by atoms with Gasteiger partial charge in [0.05, 0.1) is 38.7 Å².